The zero-order valence-corrected chi connectivity index (χ0v) is 12.4. The maximum atomic E-state index is 12.7. The van der Waals surface area contributed by atoms with Crippen molar-refractivity contribution >= 4 is 11.6 Å². The Balaban J connectivity index is 2.51. The van der Waals surface area contributed by atoms with Crippen LogP contribution in [0.15, 0.2) is 42.6 Å². The summed E-state index contributed by atoms with van der Waals surface area (Å²) in [6.07, 6.45) is 3.00. The van der Waals surface area contributed by atoms with Crippen molar-refractivity contribution in [1.29, 1.82) is 5.26 Å². The fourth-order valence-corrected chi connectivity index (χ4v) is 1.97. The second kappa shape index (κ2) is 7.90. The standard InChI is InChI=1S/C17H14F2N2O2/c1-2-22-15-8-5-6-12(16(15)23-17(18)19)10-13(11-20)14-7-3-4-9-21-14/h3-10,17H,2H2,1H3/b13-10-. The first-order valence-electron chi connectivity index (χ1n) is 6.89. The monoisotopic (exact) mass is 316 g/mol. The lowest BCUT2D eigenvalue weighted by molar-refractivity contribution is -0.0515. The third-order valence-electron chi connectivity index (χ3n) is 2.88. The highest BCUT2D eigenvalue weighted by Crippen LogP contribution is 2.34. The molecular weight excluding hydrogens is 302 g/mol. The highest BCUT2D eigenvalue weighted by atomic mass is 19.3. The van der Waals surface area contributed by atoms with E-state index in [0.717, 1.165) is 0 Å². The number of halogens is 2. The second-order valence-corrected chi connectivity index (χ2v) is 4.37. The first-order valence-corrected chi connectivity index (χ1v) is 6.89. The summed E-state index contributed by atoms with van der Waals surface area (Å²) in [5, 5.41) is 9.31. The number of hydrogen-bond donors (Lipinski definition) is 0. The molecule has 1 heterocycles. The van der Waals surface area contributed by atoms with Gasteiger partial charge in [-0.25, -0.2) is 0 Å². The van der Waals surface area contributed by atoms with Crippen molar-refractivity contribution in [1.82, 2.24) is 4.98 Å². The van der Waals surface area contributed by atoms with Gasteiger partial charge in [0.2, 0.25) is 0 Å². The van der Waals surface area contributed by atoms with E-state index in [1.807, 2.05) is 6.07 Å². The lowest BCUT2D eigenvalue weighted by atomic mass is 10.1. The van der Waals surface area contributed by atoms with Gasteiger partial charge >= 0.3 is 6.61 Å². The van der Waals surface area contributed by atoms with Crippen LogP contribution in [0.5, 0.6) is 11.5 Å². The Bertz CT molecular complexity index is 725. The van der Waals surface area contributed by atoms with E-state index >= 15 is 0 Å². The third-order valence-corrected chi connectivity index (χ3v) is 2.88. The fourth-order valence-electron chi connectivity index (χ4n) is 1.97. The molecule has 0 aliphatic heterocycles. The van der Waals surface area contributed by atoms with Crippen molar-refractivity contribution < 1.29 is 18.3 Å². The fraction of sp³-hybridized carbons (Fsp3) is 0.176. The molecule has 23 heavy (non-hydrogen) atoms. The molecule has 4 nitrogen and oxygen atoms in total. The molecule has 0 amide bonds. The maximum absolute atomic E-state index is 12.7. The molecule has 2 aromatic rings. The minimum Gasteiger partial charge on any atom is -0.490 e. The van der Waals surface area contributed by atoms with E-state index in [0.29, 0.717) is 17.9 Å². The van der Waals surface area contributed by atoms with Gasteiger partial charge in [-0.2, -0.15) is 14.0 Å². The van der Waals surface area contributed by atoms with Crippen molar-refractivity contribution in [2.45, 2.75) is 13.5 Å². The van der Waals surface area contributed by atoms with Crippen molar-refractivity contribution in [3.63, 3.8) is 0 Å². The zero-order valence-electron chi connectivity index (χ0n) is 12.4. The molecule has 0 N–H and O–H groups in total. The predicted molar refractivity (Wildman–Crippen MR) is 82.0 cm³/mol. The van der Waals surface area contributed by atoms with Crippen LogP contribution < -0.4 is 9.47 Å². The molecule has 0 radical (unpaired) electrons. The number of allylic oxidation sites excluding steroid dienone is 1. The number of aromatic nitrogens is 1. The number of nitriles is 1. The smallest absolute Gasteiger partial charge is 0.387 e. The molecule has 0 fully saturated rings. The van der Waals surface area contributed by atoms with E-state index in [-0.39, 0.29) is 17.1 Å². The van der Waals surface area contributed by atoms with E-state index in [2.05, 4.69) is 9.72 Å². The van der Waals surface area contributed by atoms with Gasteiger partial charge in [-0.3, -0.25) is 4.98 Å². The number of para-hydroxylation sites is 1. The molecule has 118 valence electrons. The van der Waals surface area contributed by atoms with Gasteiger partial charge in [-0.05, 0) is 31.2 Å². The molecule has 1 aromatic heterocycles. The number of nitrogens with zero attached hydrogens (tertiary/aromatic N) is 2. The third kappa shape index (κ3) is 4.27. The Morgan fingerprint density at radius 2 is 2.13 bits per heavy atom. The van der Waals surface area contributed by atoms with Crippen LogP contribution in [0.2, 0.25) is 0 Å². The normalized spacial score (nSPS) is 11.2. The molecule has 1 aromatic carbocycles. The quantitative estimate of drug-likeness (QED) is 0.751. The van der Waals surface area contributed by atoms with Gasteiger partial charge in [-0.1, -0.05) is 18.2 Å². The summed E-state index contributed by atoms with van der Waals surface area (Å²) >= 11 is 0. The largest absolute Gasteiger partial charge is 0.490 e. The number of alkyl halides is 2. The topological polar surface area (TPSA) is 55.1 Å². The molecule has 0 atom stereocenters. The zero-order chi connectivity index (χ0) is 16.7. The molecule has 0 saturated heterocycles. The summed E-state index contributed by atoms with van der Waals surface area (Å²) in [6, 6.07) is 11.9. The lowest BCUT2D eigenvalue weighted by Crippen LogP contribution is -2.06. The Hall–Kier alpha value is -2.94. The minimum absolute atomic E-state index is 0.104. The van der Waals surface area contributed by atoms with Crippen LogP contribution in [0.1, 0.15) is 18.2 Å². The van der Waals surface area contributed by atoms with E-state index < -0.39 is 6.61 Å². The van der Waals surface area contributed by atoms with Crippen LogP contribution >= 0.6 is 0 Å². The van der Waals surface area contributed by atoms with Crippen LogP contribution in [-0.2, 0) is 0 Å². The summed E-state index contributed by atoms with van der Waals surface area (Å²) in [5.41, 5.74) is 0.997. The first-order chi connectivity index (χ1) is 11.2. The number of rotatable bonds is 6. The molecule has 6 heteroatoms. The highest BCUT2D eigenvalue weighted by molar-refractivity contribution is 5.89. The van der Waals surface area contributed by atoms with E-state index in [1.54, 1.807) is 43.5 Å². The molecular formula is C17H14F2N2O2. The van der Waals surface area contributed by atoms with Crippen molar-refractivity contribution in [2.75, 3.05) is 6.61 Å². The molecule has 0 unspecified atom stereocenters. The van der Waals surface area contributed by atoms with Gasteiger partial charge in [0.05, 0.1) is 17.9 Å². The predicted octanol–water partition coefficient (Wildman–Crippen LogP) is 4.15. The Kier molecular flexibility index (Phi) is 5.64. The number of pyridine rings is 1. The summed E-state index contributed by atoms with van der Waals surface area (Å²) in [6.45, 7) is -0.953. The van der Waals surface area contributed by atoms with Gasteiger partial charge in [-0.15, -0.1) is 0 Å². The molecule has 0 saturated carbocycles. The van der Waals surface area contributed by atoms with Crippen LogP contribution in [-0.4, -0.2) is 18.2 Å². The highest BCUT2D eigenvalue weighted by Gasteiger charge is 2.15. The summed E-state index contributed by atoms with van der Waals surface area (Å²) in [5.74, 6) is 0.0906. The maximum Gasteiger partial charge on any atom is 0.387 e. The molecule has 0 spiro atoms. The van der Waals surface area contributed by atoms with Gasteiger partial charge in [0.15, 0.2) is 11.5 Å². The Labute approximate surface area is 132 Å². The molecule has 0 aliphatic rings. The van der Waals surface area contributed by atoms with Gasteiger partial charge in [0.25, 0.3) is 0 Å². The van der Waals surface area contributed by atoms with Crippen molar-refractivity contribution in [3.8, 4) is 17.6 Å². The van der Waals surface area contributed by atoms with Crippen molar-refractivity contribution in [2.24, 2.45) is 0 Å². The van der Waals surface area contributed by atoms with Gasteiger partial charge in [0.1, 0.15) is 6.07 Å². The van der Waals surface area contributed by atoms with Gasteiger partial charge in [0, 0.05) is 11.8 Å². The summed E-state index contributed by atoms with van der Waals surface area (Å²) in [4.78, 5) is 4.08. The molecule has 0 bridgehead atoms. The van der Waals surface area contributed by atoms with E-state index in [4.69, 9.17) is 4.74 Å². The van der Waals surface area contributed by atoms with Crippen LogP contribution in [0.4, 0.5) is 8.78 Å². The number of benzene rings is 1. The average Bonchev–Trinajstić information content (AvgIpc) is 2.55. The van der Waals surface area contributed by atoms with Crippen LogP contribution in [0.25, 0.3) is 11.6 Å². The average molecular weight is 316 g/mol. The molecule has 0 aliphatic carbocycles. The van der Waals surface area contributed by atoms with Crippen molar-refractivity contribution in [3.05, 3.63) is 53.9 Å². The lowest BCUT2D eigenvalue weighted by Gasteiger charge is -2.13. The van der Waals surface area contributed by atoms with Gasteiger partial charge < -0.3 is 9.47 Å². The van der Waals surface area contributed by atoms with Crippen LogP contribution in [0.3, 0.4) is 0 Å². The Morgan fingerprint density at radius 1 is 1.30 bits per heavy atom. The van der Waals surface area contributed by atoms with E-state index in [9.17, 15) is 14.0 Å². The number of ether oxygens (including phenoxy) is 2. The second-order valence-electron chi connectivity index (χ2n) is 4.37. The minimum atomic E-state index is -3.00. The van der Waals surface area contributed by atoms with E-state index in [1.165, 1.54) is 12.1 Å². The van der Waals surface area contributed by atoms with Crippen LogP contribution in [0, 0.1) is 11.3 Å². The molecule has 2 rings (SSSR count). The summed E-state index contributed by atoms with van der Waals surface area (Å²) < 4.78 is 35.3. The SMILES string of the molecule is CCOc1cccc(/C=C(/C#N)c2ccccn2)c1OC(F)F. The Morgan fingerprint density at radius 3 is 2.74 bits per heavy atom. The number of hydrogen-bond acceptors (Lipinski definition) is 4. The summed E-state index contributed by atoms with van der Waals surface area (Å²) in [7, 11) is 0. The first kappa shape index (κ1) is 16.4.